The zero-order chi connectivity index (χ0) is 23.5. The van der Waals surface area contributed by atoms with Crippen LogP contribution < -0.4 is 4.74 Å². The summed E-state index contributed by atoms with van der Waals surface area (Å²) in [6.07, 6.45) is -5.29. The van der Waals surface area contributed by atoms with Crippen molar-refractivity contribution in [2.75, 3.05) is 7.11 Å². The summed E-state index contributed by atoms with van der Waals surface area (Å²) in [5.41, 5.74) is -0.0473. The molecule has 0 unspecified atom stereocenters. The summed E-state index contributed by atoms with van der Waals surface area (Å²) in [4.78, 5) is 51.7. The van der Waals surface area contributed by atoms with Crippen LogP contribution in [0.25, 0.3) is 0 Å². The normalized spacial score (nSPS) is 14.2. The van der Waals surface area contributed by atoms with Gasteiger partial charge in [0.25, 0.3) is 0 Å². The van der Waals surface area contributed by atoms with Crippen LogP contribution in [0.1, 0.15) is 23.2 Å². The van der Waals surface area contributed by atoms with Crippen molar-refractivity contribution in [3.05, 3.63) is 61.2 Å². The number of benzene rings is 2. The second-order valence-electron chi connectivity index (χ2n) is 6.24. The van der Waals surface area contributed by atoms with Crippen molar-refractivity contribution in [1.29, 1.82) is 0 Å². The Bertz CT molecular complexity index is 1020. The van der Waals surface area contributed by atoms with Gasteiger partial charge in [-0.1, -0.05) is 0 Å². The molecule has 1 heterocycles. The van der Waals surface area contributed by atoms with Crippen LogP contribution in [0, 0.1) is 7.14 Å². The first-order valence-corrected chi connectivity index (χ1v) is 12.0. The molecular formula is C20H15F3INO7. The summed E-state index contributed by atoms with van der Waals surface area (Å²) in [5.74, 6) is -4.12. The standard InChI is InChI=1S/C20H15F3INO7/c1-30-15-8-6-14(7-9-15)24(31-19(29)20(21,22)23)13-4-2-12(3-5-13)18(28)32-25-16(26)10-11-17(25)27/h2-9H,10-11H2,1H3. The van der Waals surface area contributed by atoms with Crippen LogP contribution in [0.2, 0.25) is 0 Å². The van der Waals surface area contributed by atoms with E-state index in [0.717, 1.165) is 0 Å². The van der Waals surface area contributed by atoms with Gasteiger partial charge in [-0.2, -0.15) is 0 Å². The van der Waals surface area contributed by atoms with E-state index >= 15 is 0 Å². The van der Waals surface area contributed by atoms with Crippen LogP contribution >= 0.6 is 20.2 Å². The number of amides is 2. The van der Waals surface area contributed by atoms with Crippen molar-refractivity contribution >= 4 is 44.0 Å². The van der Waals surface area contributed by atoms with Crippen molar-refractivity contribution < 1.29 is 45.0 Å². The van der Waals surface area contributed by atoms with Crippen molar-refractivity contribution in [3.63, 3.8) is 0 Å². The second kappa shape index (κ2) is 9.54. The average Bonchev–Trinajstić information content (AvgIpc) is 3.09. The van der Waals surface area contributed by atoms with E-state index < -0.39 is 50.2 Å². The van der Waals surface area contributed by atoms with E-state index in [9.17, 15) is 32.3 Å². The summed E-state index contributed by atoms with van der Waals surface area (Å²) < 4.78 is 48.9. The van der Waals surface area contributed by atoms with Gasteiger partial charge in [-0.25, -0.2) is 0 Å². The van der Waals surface area contributed by atoms with Crippen molar-refractivity contribution in [1.82, 2.24) is 5.06 Å². The van der Waals surface area contributed by atoms with E-state index in [4.69, 9.17) is 12.6 Å². The van der Waals surface area contributed by atoms with Crippen LogP contribution in [0.5, 0.6) is 5.75 Å². The van der Waals surface area contributed by atoms with Gasteiger partial charge < -0.3 is 0 Å². The van der Waals surface area contributed by atoms with E-state index in [1.165, 1.54) is 55.6 Å². The van der Waals surface area contributed by atoms with Crippen LogP contribution in [-0.4, -0.2) is 42.1 Å². The fourth-order valence-electron chi connectivity index (χ4n) is 2.51. The summed E-state index contributed by atoms with van der Waals surface area (Å²) >= 11 is -3.36. The Balaban J connectivity index is 1.84. The molecule has 0 bridgehead atoms. The van der Waals surface area contributed by atoms with Gasteiger partial charge in [0, 0.05) is 0 Å². The molecule has 1 aliphatic rings. The molecule has 12 heteroatoms. The molecule has 0 saturated carbocycles. The number of rotatable bonds is 6. The minimum absolute atomic E-state index is 0.0473. The number of hydrogen-bond acceptors (Lipinski definition) is 7. The Hall–Kier alpha value is -3.16. The Kier molecular flexibility index (Phi) is 7.01. The van der Waals surface area contributed by atoms with Crippen molar-refractivity contribution in [2.24, 2.45) is 0 Å². The van der Waals surface area contributed by atoms with Gasteiger partial charge in [0.05, 0.1) is 0 Å². The Labute approximate surface area is 187 Å². The van der Waals surface area contributed by atoms with Crippen LogP contribution in [-0.2, 0) is 22.3 Å². The molecule has 2 aromatic carbocycles. The third kappa shape index (κ3) is 5.36. The fourth-order valence-corrected chi connectivity index (χ4v) is 6.41. The molecule has 0 spiro atoms. The molecule has 170 valence electrons. The van der Waals surface area contributed by atoms with Gasteiger partial charge >= 0.3 is 187 Å². The third-order valence-corrected chi connectivity index (χ3v) is 8.63. The van der Waals surface area contributed by atoms with Crippen LogP contribution in [0.15, 0.2) is 48.5 Å². The molecule has 8 nitrogen and oxygen atoms in total. The van der Waals surface area contributed by atoms with E-state index in [-0.39, 0.29) is 18.4 Å². The molecule has 0 atom stereocenters. The quantitative estimate of drug-likeness (QED) is 0.391. The van der Waals surface area contributed by atoms with Gasteiger partial charge in [-0.05, 0) is 0 Å². The van der Waals surface area contributed by atoms with Gasteiger partial charge in [-0.15, -0.1) is 0 Å². The molecule has 2 amide bonds. The number of nitrogens with zero attached hydrogens (tertiary/aromatic N) is 1. The number of halogens is 4. The molecule has 0 radical (unpaired) electrons. The molecule has 0 aromatic heterocycles. The maximum atomic E-state index is 12.8. The molecule has 1 aliphatic heterocycles. The number of imide groups is 1. The first kappa shape index (κ1) is 23.5. The average molecular weight is 565 g/mol. The first-order chi connectivity index (χ1) is 15.1. The number of hydroxylamine groups is 2. The minimum atomic E-state index is -5.17. The topological polar surface area (TPSA) is 99.2 Å². The summed E-state index contributed by atoms with van der Waals surface area (Å²) in [7, 11) is 1.43. The molecule has 32 heavy (non-hydrogen) atoms. The first-order valence-electron chi connectivity index (χ1n) is 8.92. The second-order valence-corrected chi connectivity index (χ2v) is 10.6. The third-order valence-electron chi connectivity index (χ3n) is 4.08. The van der Waals surface area contributed by atoms with E-state index in [0.29, 0.717) is 18.0 Å². The predicted molar refractivity (Wildman–Crippen MR) is 109 cm³/mol. The van der Waals surface area contributed by atoms with Crippen molar-refractivity contribution in [3.8, 4) is 5.75 Å². The van der Waals surface area contributed by atoms with E-state index in [2.05, 4.69) is 0 Å². The number of carbonyl (C=O) groups excluding carboxylic acids is 4. The molecule has 3 rings (SSSR count). The molecule has 0 N–H and O–H groups in total. The van der Waals surface area contributed by atoms with E-state index in [1.807, 2.05) is 0 Å². The van der Waals surface area contributed by atoms with Crippen LogP contribution in [0.4, 0.5) is 13.2 Å². The Morgan fingerprint density at radius 1 is 0.906 bits per heavy atom. The monoisotopic (exact) mass is 565 g/mol. The van der Waals surface area contributed by atoms with Gasteiger partial charge in [0.2, 0.25) is 0 Å². The molecular weight excluding hydrogens is 550 g/mol. The van der Waals surface area contributed by atoms with Crippen molar-refractivity contribution in [2.45, 2.75) is 19.0 Å². The summed E-state index contributed by atoms with van der Waals surface area (Å²) in [6, 6.07) is 11.2. The van der Waals surface area contributed by atoms with Gasteiger partial charge in [0.15, 0.2) is 0 Å². The molecule has 1 saturated heterocycles. The predicted octanol–water partition coefficient (Wildman–Crippen LogP) is 3.48. The zero-order valence-corrected chi connectivity index (χ0v) is 18.5. The number of methoxy groups -OCH3 is 1. The Morgan fingerprint density at radius 3 is 1.88 bits per heavy atom. The number of carbonyl (C=O) groups is 4. The molecule has 2 aromatic rings. The number of hydrogen-bond donors (Lipinski definition) is 0. The fraction of sp³-hybridized carbons (Fsp3) is 0.200. The summed E-state index contributed by atoms with van der Waals surface area (Å²) in [6.45, 7) is 0. The Morgan fingerprint density at radius 2 is 1.41 bits per heavy atom. The zero-order valence-electron chi connectivity index (χ0n) is 16.3. The van der Waals surface area contributed by atoms with Gasteiger partial charge in [-0.3, -0.25) is 0 Å². The molecule has 0 aliphatic carbocycles. The SMILES string of the molecule is COc1ccc(I(OC(=O)C(F)(F)F)c2ccc(C(=O)ON3C(=O)CCC3=O)cc2)cc1. The maximum absolute atomic E-state index is 12.8. The number of ether oxygens (including phenoxy) is 1. The van der Waals surface area contributed by atoms with E-state index in [1.54, 1.807) is 0 Å². The van der Waals surface area contributed by atoms with Gasteiger partial charge in [0.1, 0.15) is 0 Å². The summed E-state index contributed by atoms with van der Waals surface area (Å²) in [5, 5.41) is 0.386. The molecule has 1 fully saturated rings. The number of alkyl halides is 3. The van der Waals surface area contributed by atoms with Crippen LogP contribution in [0.3, 0.4) is 0 Å².